The highest BCUT2D eigenvalue weighted by atomic mass is 16.6. The fourth-order valence-electron chi connectivity index (χ4n) is 1.55. The van der Waals surface area contributed by atoms with Gasteiger partial charge in [0.15, 0.2) is 5.41 Å². The van der Waals surface area contributed by atoms with Crippen LogP contribution in [-0.2, 0) is 19.1 Å². The van der Waals surface area contributed by atoms with Gasteiger partial charge in [-0.1, -0.05) is 6.92 Å². The summed E-state index contributed by atoms with van der Waals surface area (Å²) in [6.45, 7) is 7.06. The molecular formula is C13H19NO4. The van der Waals surface area contributed by atoms with E-state index >= 15 is 0 Å². The van der Waals surface area contributed by atoms with Crippen molar-refractivity contribution in [2.45, 2.75) is 46.6 Å². The molecule has 2 unspecified atom stereocenters. The van der Waals surface area contributed by atoms with E-state index in [9.17, 15) is 9.59 Å². The van der Waals surface area contributed by atoms with Crippen molar-refractivity contribution >= 4 is 11.9 Å². The van der Waals surface area contributed by atoms with Crippen LogP contribution in [0.4, 0.5) is 0 Å². The van der Waals surface area contributed by atoms with Gasteiger partial charge in [-0.3, -0.25) is 9.59 Å². The summed E-state index contributed by atoms with van der Waals surface area (Å²) in [6, 6.07) is 1.93. The molecule has 0 aromatic carbocycles. The second-order valence-electron chi connectivity index (χ2n) is 5.51. The summed E-state index contributed by atoms with van der Waals surface area (Å²) in [5.41, 5.74) is -1.65. The molecule has 0 saturated carbocycles. The predicted octanol–water partition coefficient (Wildman–Crippen LogP) is 1.81. The molecule has 1 rings (SSSR count). The van der Waals surface area contributed by atoms with Crippen molar-refractivity contribution in [1.29, 1.82) is 5.26 Å². The number of nitrogens with zero attached hydrogens (tertiary/aromatic N) is 1. The molecule has 1 aliphatic heterocycles. The number of hydrogen-bond acceptors (Lipinski definition) is 5. The van der Waals surface area contributed by atoms with Gasteiger partial charge in [0.1, 0.15) is 12.7 Å². The molecule has 0 radical (unpaired) electrons. The number of carbonyl (C=O) groups excluding carboxylic acids is 2. The van der Waals surface area contributed by atoms with Crippen LogP contribution in [0.15, 0.2) is 0 Å². The molecular weight excluding hydrogens is 234 g/mol. The summed E-state index contributed by atoms with van der Waals surface area (Å²) in [7, 11) is 0. The third-order valence-electron chi connectivity index (χ3n) is 3.44. The Morgan fingerprint density at radius 1 is 1.67 bits per heavy atom. The van der Waals surface area contributed by atoms with E-state index in [4.69, 9.17) is 14.7 Å². The van der Waals surface area contributed by atoms with Crippen LogP contribution >= 0.6 is 0 Å². The number of rotatable bonds is 4. The van der Waals surface area contributed by atoms with Gasteiger partial charge in [0.25, 0.3) is 0 Å². The lowest BCUT2D eigenvalue weighted by Gasteiger charge is -2.21. The minimum Gasteiger partial charge on any atom is -0.461 e. The molecule has 2 atom stereocenters. The van der Waals surface area contributed by atoms with Crippen molar-refractivity contribution in [1.82, 2.24) is 0 Å². The Morgan fingerprint density at radius 2 is 2.28 bits per heavy atom. The summed E-state index contributed by atoms with van der Waals surface area (Å²) >= 11 is 0. The molecule has 0 bridgehead atoms. The predicted molar refractivity (Wildman–Crippen MR) is 63.2 cm³/mol. The summed E-state index contributed by atoms with van der Waals surface area (Å²) in [5.74, 6) is -0.854. The zero-order chi connectivity index (χ0) is 14.0. The van der Waals surface area contributed by atoms with E-state index in [0.29, 0.717) is 6.42 Å². The van der Waals surface area contributed by atoms with Crippen molar-refractivity contribution in [3.63, 3.8) is 0 Å². The summed E-state index contributed by atoms with van der Waals surface area (Å²) in [4.78, 5) is 23.2. The Bertz CT molecular complexity index is 396. The first-order valence-electron chi connectivity index (χ1n) is 6.05. The van der Waals surface area contributed by atoms with Crippen LogP contribution < -0.4 is 0 Å². The maximum atomic E-state index is 11.7. The maximum Gasteiger partial charge on any atom is 0.326 e. The van der Waals surface area contributed by atoms with E-state index in [1.165, 1.54) is 6.92 Å². The first-order chi connectivity index (χ1) is 8.25. The third-order valence-corrected chi connectivity index (χ3v) is 3.44. The molecule has 5 heteroatoms. The molecule has 1 fully saturated rings. The highest BCUT2D eigenvalue weighted by molar-refractivity contribution is 5.81. The third kappa shape index (κ3) is 2.81. The molecule has 0 amide bonds. The first-order valence-corrected chi connectivity index (χ1v) is 6.05. The zero-order valence-corrected chi connectivity index (χ0v) is 11.3. The maximum absolute atomic E-state index is 11.7. The SMILES string of the molecule is CCC(C)(C)C(=O)OCC1CC(C)(C#N)C(=O)O1. The topological polar surface area (TPSA) is 76.4 Å². The molecule has 0 aliphatic carbocycles. The van der Waals surface area contributed by atoms with Gasteiger partial charge in [-0.15, -0.1) is 0 Å². The van der Waals surface area contributed by atoms with E-state index in [0.717, 1.165) is 0 Å². The molecule has 18 heavy (non-hydrogen) atoms. The fraction of sp³-hybridized carbons (Fsp3) is 0.769. The van der Waals surface area contributed by atoms with Crippen LogP contribution in [0.3, 0.4) is 0 Å². The Kier molecular flexibility index (Phi) is 4.00. The second-order valence-corrected chi connectivity index (χ2v) is 5.51. The molecule has 0 spiro atoms. The van der Waals surface area contributed by atoms with Crippen LogP contribution in [-0.4, -0.2) is 24.6 Å². The Hall–Kier alpha value is -1.57. The highest BCUT2D eigenvalue weighted by Crippen LogP contribution is 2.33. The Labute approximate surface area is 107 Å². The van der Waals surface area contributed by atoms with E-state index in [-0.39, 0.29) is 19.0 Å². The second kappa shape index (κ2) is 4.97. The van der Waals surface area contributed by atoms with Crippen molar-refractivity contribution < 1.29 is 19.1 Å². The van der Waals surface area contributed by atoms with Crippen molar-refractivity contribution in [2.24, 2.45) is 10.8 Å². The van der Waals surface area contributed by atoms with E-state index < -0.39 is 22.9 Å². The molecule has 0 N–H and O–H groups in total. The minimum atomic E-state index is -1.11. The van der Waals surface area contributed by atoms with Gasteiger partial charge in [-0.25, -0.2) is 0 Å². The largest absolute Gasteiger partial charge is 0.461 e. The van der Waals surface area contributed by atoms with Gasteiger partial charge in [-0.05, 0) is 27.2 Å². The van der Waals surface area contributed by atoms with E-state index in [1.54, 1.807) is 13.8 Å². The van der Waals surface area contributed by atoms with Gasteiger partial charge >= 0.3 is 11.9 Å². The van der Waals surface area contributed by atoms with Crippen LogP contribution in [0.2, 0.25) is 0 Å². The van der Waals surface area contributed by atoms with Gasteiger partial charge in [0.05, 0.1) is 11.5 Å². The molecule has 100 valence electrons. The summed E-state index contributed by atoms with van der Waals surface area (Å²) < 4.78 is 10.2. The number of cyclic esters (lactones) is 1. The summed E-state index contributed by atoms with van der Waals surface area (Å²) in [5, 5.41) is 8.90. The van der Waals surface area contributed by atoms with Crippen LogP contribution in [0.25, 0.3) is 0 Å². The van der Waals surface area contributed by atoms with Crippen molar-refractivity contribution in [3.05, 3.63) is 0 Å². The Balaban J connectivity index is 2.51. The van der Waals surface area contributed by atoms with Gasteiger partial charge in [0, 0.05) is 6.42 Å². The molecule has 0 aromatic heterocycles. The van der Waals surface area contributed by atoms with Gasteiger partial charge < -0.3 is 9.47 Å². The molecule has 0 aromatic rings. The Morgan fingerprint density at radius 3 is 2.72 bits per heavy atom. The number of nitriles is 1. The van der Waals surface area contributed by atoms with E-state index in [2.05, 4.69) is 0 Å². The number of esters is 2. The number of ether oxygens (including phenoxy) is 2. The molecule has 1 saturated heterocycles. The van der Waals surface area contributed by atoms with Crippen LogP contribution in [0, 0.1) is 22.2 Å². The molecule has 1 aliphatic rings. The molecule has 5 nitrogen and oxygen atoms in total. The van der Waals surface area contributed by atoms with Crippen LogP contribution in [0.1, 0.15) is 40.5 Å². The minimum absolute atomic E-state index is 0.0191. The first kappa shape index (κ1) is 14.5. The summed E-state index contributed by atoms with van der Waals surface area (Å²) in [6.07, 6.45) is 0.424. The average molecular weight is 253 g/mol. The monoisotopic (exact) mass is 253 g/mol. The molecule has 1 heterocycles. The quantitative estimate of drug-likeness (QED) is 0.714. The number of carbonyl (C=O) groups is 2. The standard InChI is InChI=1S/C13H19NO4/c1-5-12(2,3)10(15)17-7-9-6-13(4,8-14)11(16)18-9/h9H,5-7H2,1-4H3. The number of hydrogen-bond donors (Lipinski definition) is 0. The smallest absolute Gasteiger partial charge is 0.326 e. The lowest BCUT2D eigenvalue weighted by atomic mass is 9.89. The zero-order valence-electron chi connectivity index (χ0n) is 11.3. The normalized spacial score (nSPS) is 27.5. The highest BCUT2D eigenvalue weighted by Gasteiger charge is 2.46. The average Bonchev–Trinajstić information content (AvgIpc) is 2.62. The van der Waals surface area contributed by atoms with Gasteiger partial charge in [0.2, 0.25) is 0 Å². The fourth-order valence-corrected chi connectivity index (χ4v) is 1.55. The lowest BCUT2D eigenvalue weighted by Crippen LogP contribution is -2.29. The lowest BCUT2D eigenvalue weighted by molar-refractivity contribution is -0.161. The van der Waals surface area contributed by atoms with Crippen molar-refractivity contribution in [2.75, 3.05) is 6.61 Å². The van der Waals surface area contributed by atoms with Crippen LogP contribution in [0.5, 0.6) is 0 Å². The van der Waals surface area contributed by atoms with Crippen molar-refractivity contribution in [3.8, 4) is 6.07 Å². The van der Waals surface area contributed by atoms with Gasteiger partial charge in [-0.2, -0.15) is 5.26 Å². The van der Waals surface area contributed by atoms with E-state index in [1.807, 2.05) is 13.0 Å².